The van der Waals surface area contributed by atoms with Crippen LogP contribution in [0.15, 0.2) is 24.3 Å². The van der Waals surface area contributed by atoms with Gasteiger partial charge in [0, 0.05) is 12.6 Å². The number of hydrogen-bond donors (Lipinski definition) is 1. The second-order valence-corrected chi connectivity index (χ2v) is 4.11. The highest BCUT2D eigenvalue weighted by molar-refractivity contribution is 6.42. The van der Waals surface area contributed by atoms with Crippen LogP contribution < -0.4 is 5.32 Å². The Kier molecular flexibility index (Phi) is 5.36. The van der Waals surface area contributed by atoms with E-state index in [4.69, 9.17) is 23.2 Å². The summed E-state index contributed by atoms with van der Waals surface area (Å²) in [4.78, 5) is 11.3. The maximum absolute atomic E-state index is 11.3. The first kappa shape index (κ1) is 13.1. The molecule has 0 heterocycles. The molecule has 0 bridgehead atoms. The van der Waals surface area contributed by atoms with Crippen LogP contribution in [-0.4, -0.2) is 12.5 Å². The molecule has 4 heteroatoms. The highest BCUT2D eigenvalue weighted by Gasteiger charge is 1.97. The van der Waals surface area contributed by atoms with Crippen LogP contribution in [0.1, 0.15) is 18.9 Å². The lowest BCUT2D eigenvalue weighted by molar-refractivity contribution is -0.116. The maximum Gasteiger partial charge on any atom is 0.243 e. The molecule has 0 radical (unpaired) electrons. The fourth-order valence-electron chi connectivity index (χ4n) is 1.10. The number of nitrogens with one attached hydrogen (secondary N) is 1. The molecule has 0 aromatic heterocycles. The van der Waals surface area contributed by atoms with Gasteiger partial charge in [0.1, 0.15) is 0 Å². The second-order valence-electron chi connectivity index (χ2n) is 3.30. The van der Waals surface area contributed by atoms with Gasteiger partial charge in [0.2, 0.25) is 5.91 Å². The molecular weight excluding hydrogens is 245 g/mol. The SMILES string of the molecule is CCCNC(=O)/C=C\c1ccc(Cl)c(Cl)c1. The number of carbonyl (C=O) groups excluding carboxylic acids is 1. The van der Waals surface area contributed by atoms with Crippen molar-refractivity contribution in [1.82, 2.24) is 5.32 Å². The highest BCUT2D eigenvalue weighted by atomic mass is 35.5. The molecule has 0 fully saturated rings. The van der Waals surface area contributed by atoms with E-state index in [9.17, 15) is 4.79 Å². The van der Waals surface area contributed by atoms with Crippen molar-refractivity contribution in [3.8, 4) is 0 Å². The molecule has 1 N–H and O–H groups in total. The number of carbonyl (C=O) groups is 1. The molecule has 86 valence electrons. The van der Waals surface area contributed by atoms with E-state index >= 15 is 0 Å². The van der Waals surface area contributed by atoms with E-state index < -0.39 is 0 Å². The van der Waals surface area contributed by atoms with Crippen LogP contribution >= 0.6 is 23.2 Å². The van der Waals surface area contributed by atoms with Gasteiger partial charge in [-0.3, -0.25) is 4.79 Å². The van der Waals surface area contributed by atoms with Crippen molar-refractivity contribution < 1.29 is 4.79 Å². The zero-order valence-electron chi connectivity index (χ0n) is 8.97. The highest BCUT2D eigenvalue weighted by Crippen LogP contribution is 2.22. The van der Waals surface area contributed by atoms with Crippen molar-refractivity contribution in [2.75, 3.05) is 6.54 Å². The van der Waals surface area contributed by atoms with Gasteiger partial charge in [-0.2, -0.15) is 0 Å². The fraction of sp³-hybridized carbons (Fsp3) is 0.250. The van der Waals surface area contributed by atoms with Crippen LogP contribution in [-0.2, 0) is 4.79 Å². The third-order valence-corrected chi connectivity index (χ3v) is 2.66. The number of rotatable bonds is 4. The lowest BCUT2D eigenvalue weighted by atomic mass is 10.2. The lowest BCUT2D eigenvalue weighted by Gasteiger charge is -1.99. The van der Waals surface area contributed by atoms with E-state index in [1.165, 1.54) is 6.08 Å². The second kappa shape index (κ2) is 6.56. The van der Waals surface area contributed by atoms with Crippen LogP contribution in [0.4, 0.5) is 0 Å². The molecule has 0 saturated heterocycles. The molecule has 0 spiro atoms. The summed E-state index contributed by atoms with van der Waals surface area (Å²) < 4.78 is 0. The summed E-state index contributed by atoms with van der Waals surface area (Å²) >= 11 is 11.6. The summed E-state index contributed by atoms with van der Waals surface area (Å²) in [6, 6.07) is 5.22. The molecule has 16 heavy (non-hydrogen) atoms. The standard InChI is InChI=1S/C12H13Cl2NO/c1-2-7-15-12(16)6-4-9-3-5-10(13)11(14)8-9/h3-6,8H,2,7H2,1H3,(H,15,16)/b6-4-. The number of hydrogen-bond acceptors (Lipinski definition) is 1. The predicted octanol–water partition coefficient (Wildman–Crippen LogP) is 3.53. The first-order valence-electron chi connectivity index (χ1n) is 5.04. The van der Waals surface area contributed by atoms with Gasteiger partial charge >= 0.3 is 0 Å². The first-order chi connectivity index (χ1) is 7.63. The van der Waals surface area contributed by atoms with Crippen molar-refractivity contribution in [3.05, 3.63) is 39.9 Å². The van der Waals surface area contributed by atoms with Crippen molar-refractivity contribution in [2.24, 2.45) is 0 Å². The van der Waals surface area contributed by atoms with E-state index in [1.54, 1.807) is 24.3 Å². The average Bonchev–Trinajstić information content (AvgIpc) is 2.28. The van der Waals surface area contributed by atoms with Crippen molar-refractivity contribution in [2.45, 2.75) is 13.3 Å². The van der Waals surface area contributed by atoms with Crippen molar-refractivity contribution in [3.63, 3.8) is 0 Å². The van der Waals surface area contributed by atoms with Gasteiger partial charge in [-0.25, -0.2) is 0 Å². The van der Waals surface area contributed by atoms with Crippen LogP contribution in [0.25, 0.3) is 6.08 Å². The molecule has 1 amide bonds. The van der Waals surface area contributed by atoms with E-state index in [2.05, 4.69) is 5.32 Å². The Balaban J connectivity index is 2.62. The Bertz CT molecular complexity index is 402. The van der Waals surface area contributed by atoms with E-state index in [0.29, 0.717) is 16.6 Å². The van der Waals surface area contributed by atoms with Crippen LogP contribution in [0.3, 0.4) is 0 Å². The van der Waals surface area contributed by atoms with Crippen molar-refractivity contribution in [1.29, 1.82) is 0 Å². The zero-order chi connectivity index (χ0) is 12.0. The third-order valence-electron chi connectivity index (χ3n) is 1.92. The summed E-state index contributed by atoms with van der Waals surface area (Å²) in [5, 5.41) is 3.74. The summed E-state index contributed by atoms with van der Waals surface area (Å²) in [5.41, 5.74) is 0.848. The number of benzene rings is 1. The van der Waals surface area contributed by atoms with Gasteiger partial charge in [-0.1, -0.05) is 36.2 Å². The maximum atomic E-state index is 11.3. The quantitative estimate of drug-likeness (QED) is 0.822. The van der Waals surface area contributed by atoms with Crippen LogP contribution in [0.5, 0.6) is 0 Å². The molecule has 0 aliphatic carbocycles. The van der Waals surface area contributed by atoms with Gasteiger partial charge < -0.3 is 5.32 Å². The minimum atomic E-state index is -0.104. The van der Waals surface area contributed by atoms with Gasteiger partial charge in [0.05, 0.1) is 10.0 Å². The summed E-state index contributed by atoms with van der Waals surface area (Å²) in [6.07, 6.45) is 4.11. The molecule has 0 unspecified atom stereocenters. The Morgan fingerprint density at radius 2 is 2.12 bits per heavy atom. The molecule has 0 aliphatic rings. The molecule has 1 aromatic carbocycles. The van der Waals surface area contributed by atoms with Crippen LogP contribution in [0, 0.1) is 0 Å². The van der Waals surface area contributed by atoms with E-state index in [1.807, 2.05) is 6.92 Å². The first-order valence-corrected chi connectivity index (χ1v) is 5.80. The Morgan fingerprint density at radius 3 is 2.75 bits per heavy atom. The third kappa shape index (κ3) is 4.25. The number of amides is 1. The Hall–Kier alpha value is -0.990. The van der Waals surface area contributed by atoms with Crippen molar-refractivity contribution >= 4 is 35.2 Å². The lowest BCUT2D eigenvalue weighted by Crippen LogP contribution is -2.21. The van der Waals surface area contributed by atoms with E-state index in [-0.39, 0.29) is 5.91 Å². The topological polar surface area (TPSA) is 29.1 Å². The molecule has 2 nitrogen and oxygen atoms in total. The molecular formula is C12H13Cl2NO. The summed E-state index contributed by atoms with van der Waals surface area (Å²) in [6.45, 7) is 2.69. The largest absolute Gasteiger partial charge is 0.353 e. The van der Waals surface area contributed by atoms with Gasteiger partial charge in [0.25, 0.3) is 0 Å². The van der Waals surface area contributed by atoms with Gasteiger partial charge in [-0.05, 0) is 30.2 Å². The molecule has 0 saturated carbocycles. The summed E-state index contributed by atoms with van der Waals surface area (Å²) in [7, 11) is 0. The minimum absolute atomic E-state index is 0.104. The fourth-order valence-corrected chi connectivity index (χ4v) is 1.40. The van der Waals surface area contributed by atoms with Gasteiger partial charge in [-0.15, -0.1) is 0 Å². The molecule has 0 aliphatic heterocycles. The molecule has 1 aromatic rings. The summed E-state index contributed by atoms with van der Waals surface area (Å²) in [5.74, 6) is -0.104. The normalized spacial score (nSPS) is 10.7. The predicted molar refractivity (Wildman–Crippen MR) is 68.8 cm³/mol. The van der Waals surface area contributed by atoms with Crippen LogP contribution in [0.2, 0.25) is 10.0 Å². The Labute approximate surface area is 105 Å². The van der Waals surface area contributed by atoms with E-state index in [0.717, 1.165) is 12.0 Å². The Morgan fingerprint density at radius 1 is 1.38 bits per heavy atom. The zero-order valence-corrected chi connectivity index (χ0v) is 10.5. The smallest absolute Gasteiger partial charge is 0.243 e. The minimum Gasteiger partial charge on any atom is -0.353 e. The molecule has 0 atom stereocenters. The number of halogens is 2. The monoisotopic (exact) mass is 257 g/mol. The average molecular weight is 258 g/mol. The molecule has 1 rings (SSSR count). The van der Waals surface area contributed by atoms with Gasteiger partial charge in [0.15, 0.2) is 0 Å².